The summed E-state index contributed by atoms with van der Waals surface area (Å²) < 4.78 is 26.7. The molecule has 5 nitrogen and oxygen atoms in total. The normalized spacial score (nSPS) is 27.3. The van der Waals surface area contributed by atoms with Crippen LogP contribution in [0, 0.1) is 11.8 Å². The summed E-state index contributed by atoms with van der Waals surface area (Å²) in [5.41, 5.74) is 0.597. The second-order valence-corrected chi connectivity index (χ2v) is 9.92. The lowest BCUT2D eigenvalue weighted by atomic mass is 9.75. The molecule has 0 unspecified atom stereocenters. The fourth-order valence-electron chi connectivity index (χ4n) is 4.81. The van der Waals surface area contributed by atoms with E-state index < -0.39 is 10.0 Å². The van der Waals surface area contributed by atoms with Gasteiger partial charge in [0.05, 0.1) is 4.90 Å². The summed E-state index contributed by atoms with van der Waals surface area (Å²) in [4.78, 5) is 15.1. The van der Waals surface area contributed by atoms with Gasteiger partial charge in [0.25, 0.3) is 5.91 Å². The minimum atomic E-state index is -3.41. The van der Waals surface area contributed by atoms with Crippen LogP contribution in [-0.4, -0.2) is 49.7 Å². The number of piperidine rings is 1. The maximum absolute atomic E-state index is 12.9. The van der Waals surface area contributed by atoms with Crippen LogP contribution in [0.25, 0.3) is 0 Å². The highest BCUT2D eigenvalue weighted by Gasteiger charge is 2.33. The van der Waals surface area contributed by atoms with Crippen molar-refractivity contribution in [1.29, 1.82) is 0 Å². The van der Waals surface area contributed by atoms with Gasteiger partial charge in [-0.25, -0.2) is 8.42 Å². The van der Waals surface area contributed by atoms with Crippen molar-refractivity contribution in [3.8, 4) is 0 Å². The number of carbonyl (C=O) groups is 1. The Kier molecular flexibility index (Phi) is 5.06. The van der Waals surface area contributed by atoms with Gasteiger partial charge in [0, 0.05) is 31.7 Å². The molecule has 1 aromatic carbocycles. The van der Waals surface area contributed by atoms with Gasteiger partial charge in [-0.15, -0.1) is 0 Å². The maximum Gasteiger partial charge on any atom is 0.253 e. The van der Waals surface area contributed by atoms with Gasteiger partial charge in [-0.1, -0.05) is 19.3 Å². The van der Waals surface area contributed by atoms with E-state index in [2.05, 4.69) is 0 Å². The summed E-state index contributed by atoms with van der Waals surface area (Å²) >= 11 is 0. The first-order chi connectivity index (χ1) is 12.6. The van der Waals surface area contributed by atoms with Crippen LogP contribution in [0.3, 0.4) is 0 Å². The third-order valence-corrected chi connectivity index (χ3v) is 8.30. The Morgan fingerprint density at radius 3 is 2.19 bits per heavy atom. The van der Waals surface area contributed by atoms with E-state index in [1.165, 1.54) is 30.0 Å². The van der Waals surface area contributed by atoms with E-state index in [1.54, 1.807) is 24.3 Å². The second kappa shape index (κ2) is 7.31. The molecule has 142 valence electrons. The Labute approximate surface area is 156 Å². The minimum Gasteiger partial charge on any atom is -0.338 e. The summed E-state index contributed by atoms with van der Waals surface area (Å²) in [6, 6.07) is 6.54. The number of amides is 1. The number of hydrogen-bond donors (Lipinski definition) is 0. The molecule has 0 bridgehead atoms. The molecule has 3 fully saturated rings. The van der Waals surface area contributed by atoms with Crippen molar-refractivity contribution in [2.24, 2.45) is 11.8 Å². The lowest BCUT2D eigenvalue weighted by molar-refractivity contribution is 0.0521. The predicted molar refractivity (Wildman–Crippen MR) is 100 cm³/mol. The molecule has 26 heavy (non-hydrogen) atoms. The standard InChI is InChI=1S/C20H28N2O3S/c23-20(21-14-11-16-5-1-2-6-18(16)15-21)17-7-9-19(10-8-17)26(24,25)22-12-3-4-13-22/h7-10,16,18H,1-6,11-15H2/t16-,18+/m1/s1. The largest absolute Gasteiger partial charge is 0.338 e. The molecule has 1 aliphatic carbocycles. The van der Waals surface area contributed by atoms with E-state index in [9.17, 15) is 13.2 Å². The summed E-state index contributed by atoms with van der Waals surface area (Å²) in [6.07, 6.45) is 8.13. The highest BCUT2D eigenvalue weighted by atomic mass is 32.2. The van der Waals surface area contributed by atoms with Gasteiger partial charge in [0.1, 0.15) is 0 Å². The molecule has 1 amide bonds. The topological polar surface area (TPSA) is 57.7 Å². The maximum atomic E-state index is 12.9. The number of rotatable bonds is 3. The molecule has 0 radical (unpaired) electrons. The van der Waals surface area contributed by atoms with E-state index in [0.29, 0.717) is 29.5 Å². The zero-order valence-electron chi connectivity index (χ0n) is 15.3. The number of nitrogens with zero attached hydrogens (tertiary/aromatic N) is 2. The molecule has 0 N–H and O–H groups in total. The van der Waals surface area contributed by atoms with Crippen molar-refractivity contribution < 1.29 is 13.2 Å². The van der Waals surface area contributed by atoms with Crippen LogP contribution < -0.4 is 0 Å². The van der Waals surface area contributed by atoms with Gasteiger partial charge >= 0.3 is 0 Å². The predicted octanol–water partition coefficient (Wildman–Crippen LogP) is 3.12. The van der Waals surface area contributed by atoms with Crippen LogP contribution in [0.15, 0.2) is 29.2 Å². The van der Waals surface area contributed by atoms with E-state index in [1.807, 2.05) is 4.90 Å². The SMILES string of the molecule is O=C(c1ccc(S(=O)(=O)N2CCCC2)cc1)N1CC[C@H]2CCCC[C@H]2C1. The average molecular weight is 377 g/mol. The minimum absolute atomic E-state index is 0.0409. The second-order valence-electron chi connectivity index (χ2n) is 7.98. The fraction of sp³-hybridized carbons (Fsp3) is 0.650. The van der Waals surface area contributed by atoms with Crippen molar-refractivity contribution in [3.63, 3.8) is 0 Å². The van der Waals surface area contributed by atoms with E-state index in [4.69, 9.17) is 0 Å². The van der Waals surface area contributed by atoms with Crippen LogP contribution in [-0.2, 0) is 10.0 Å². The number of carbonyl (C=O) groups excluding carboxylic acids is 1. The van der Waals surface area contributed by atoms with Gasteiger partial charge in [-0.05, 0) is 61.8 Å². The molecule has 1 saturated carbocycles. The quantitative estimate of drug-likeness (QED) is 0.814. The Hall–Kier alpha value is -1.40. The lowest BCUT2D eigenvalue weighted by Crippen LogP contribution is -2.44. The van der Waals surface area contributed by atoms with Crippen molar-refractivity contribution >= 4 is 15.9 Å². The average Bonchev–Trinajstić information content (AvgIpc) is 3.23. The summed E-state index contributed by atoms with van der Waals surface area (Å²) in [7, 11) is -3.41. The zero-order valence-corrected chi connectivity index (χ0v) is 16.1. The zero-order chi connectivity index (χ0) is 18.1. The molecule has 2 aliphatic heterocycles. The van der Waals surface area contributed by atoms with Gasteiger partial charge in [0.15, 0.2) is 0 Å². The molecule has 2 heterocycles. The van der Waals surface area contributed by atoms with Crippen LogP contribution in [0.5, 0.6) is 0 Å². The van der Waals surface area contributed by atoms with Crippen LogP contribution in [0.2, 0.25) is 0 Å². The number of fused-ring (bicyclic) bond motifs is 1. The Morgan fingerprint density at radius 2 is 1.50 bits per heavy atom. The molecule has 0 spiro atoms. The first-order valence-electron chi connectivity index (χ1n) is 9.95. The molecule has 6 heteroatoms. The van der Waals surface area contributed by atoms with E-state index in [-0.39, 0.29) is 5.91 Å². The van der Waals surface area contributed by atoms with Crippen molar-refractivity contribution in [1.82, 2.24) is 9.21 Å². The molecule has 2 atom stereocenters. The number of sulfonamides is 1. The highest BCUT2D eigenvalue weighted by Crippen LogP contribution is 2.36. The Balaban J connectivity index is 1.45. The van der Waals surface area contributed by atoms with Crippen molar-refractivity contribution in [3.05, 3.63) is 29.8 Å². The number of benzene rings is 1. The van der Waals surface area contributed by atoms with Gasteiger partial charge in [-0.2, -0.15) is 4.31 Å². The molecule has 3 aliphatic rings. The van der Waals surface area contributed by atoms with Crippen LogP contribution in [0.4, 0.5) is 0 Å². The van der Waals surface area contributed by atoms with Crippen molar-refractivity contribution in [2.75, 3.05) is 26.2 Å². The Bertz CT molecular complexity index is 754. The molecule has 1 aromatic rings. The lowest BCUT2D eigenvalue weighted by Gasteiger charge is -2.41. The smallest absolute Gasteiger partial charge is 0.253 e. The van der Waals surface area contributed by atoms with Gasteiger partial charge in [-0.3, -0.25) is 4.79 Å². The molecule has 0 aromatic heterocycles. The number of likely N-dealkylation sites (tertiary alicyclic amines) is 1. The summed E-state index contributed by atoms with van der Waals surface area (Å²) in [5, 5.41) is 0. The first-order valence-corrected chi connectivity index (χ1v) is 11.4. The number of hydrogen-bond acceptors (Lipinski definition) is 3. The Morgan fingerprint density at radius 1 is 0.846 bits per heavy atom. The molecular formula is C20H28N2O3S. The summed E-state index contributed by atoms with van der Waals surface area (Å²) in [5.74, 6) is 1.48. The first kappa shape index (κ1) is 18.0. The fourth-order valence-corrected chi connectivity index (χ4v) is 6.33. The molecular weight excluding hydrogens is 348 g/mol. The highest BCUT2D eigenvalue weighted by molar-refractivity contribution is 7.89. The summed E-state index contributed by atoms with van der Waals surface area (Å²) in [6.45, 7) is 2.88. The van der Waals surface area contributed by atoms with E-state index >= 15 is 0 Å². The molecule has 4 rings (SSSR count). The van der Waals surface area contributed by atoms with Gasteiger partial charge in [0.2, 0.25) is 10.0 Å². The van der Waals surface area contributed by atoms with Crippen LogP contribution in [0.1, 0.15) is 55.3 Å². The van der Waals surface area contributed by atoms with Crippen LogP contribution >= 0.6 is 0 Å². The van der Waals surface area contributed by atoms with Crippen molar-refractivity contribution in [2.45, 2.75) is 49.8 Å². The third kappa shape index (κ3) is 3.41. The molecule has 2 saturated heterocycles. The monoisotopic (exact) mass is 376 g/mol. The van der Waals surface area contributed by atoms with Gasteiger partial charge < -0.3 is 4.90 Å². The van der Waals surface area contributed by atoms with E-state index in [0.717, 1.165) is 38.3 Å². The third-order valence-electron chi connectivity index (χ3n) is 6.38.